The highest BCUT2D eigenvalue weighted by atomic mass is 16.7. The molecule has 0 aromatic rings. The third-order valence-corrected chi connectivity index (χ3v) is 11.1. The minimum Gasteiger partial charge on any atom is -0.394 e. The molecule has 5 fully saturated rings. The Balaban J connectivity index is 1.24. The summed E-state index contributed by atoms with van der Waals surface area (Å²) in [7, 11) is 0. The first-order valence-corrected chi connectivity index (χ1v) is 18.3. The number of aliphatic hydroxyl groups excluding tert-OH is 5. The molecule has 1 saturated heterocycles. The Labute approximate surface area is 271 Å². The average molecular weight is 638 g/mol. The van der Waals surface area contributed by atoms with Crippen LogP contribution in [0.5, 0.6) is 0 Å². The molecule has 4 bridgehead atoms. The van der Waals surface area contributed by atoms with E-state index in [4.69, 9.17) is 9.47 Å². The van der Waals surface area contributed by atoms with Crippen molar-refractivity contribution in [1.29, 1.82) is 0 Å². The van der Waals surface area contributed by atoms with E-state index in [9.17, 15) is 30.3 Å². The molecule has 45 heavy (non-hydrogen) atoms. The Hall–Kier alpha value is -1.07. The lowest BCUT2D eigenvalue weighted by atomic mass is 9.49. The number of hydrogen-bond acceptors (Lipinski definition) is 8. The van der Waals surface area contributed by atoms with Crippen LogP contribution in [-0.2, 0) is 14.3 Å². The van der Waals surface area contributed by atoms with Gasteiger partial charge < -0.3 is 40.3 Å². The number of amides is 1. The van der Waals surface area contributed by atoms with Crippen molar-refractivity contribution in [2.75, 3.05) is 13.2 Å². The summed E-state index contributed by atoms with van der Waals surface area (Å²) in [4.78, 5) is 13.5. The van der Waals surface area contributed by atoms with Crippen molar-refractivity contribution in [3.63, 3.8) is 0 Å². The van der Waals surface area contributed by atoms with Crippen LogP contribution in [0.15, 0.2) is 12.2 Å². The van der Waals surface area contributed by atoms with Crippen LogP contribution in [0.25, 0.3) is 0 Å². The molecule has 1 aliphatic heterocycles. The first-order valence-electron chi connectivity index (χ1n) is 18.3. The second-order valence-electron chi connectivity index (χ2n) is 15.0. The maximum atomic E-state index is 13.5. The standard InChI is InChI=1S/C36H63NO8/c1-2-3-4-5-6-7-8-9-10-11-12-13-14-15-29(39)28(24-44-35-34(43)33(42)32(41)30(23-38)45-35)37-31(40)22-36-19-25-16-26(20-36)18-27(17-25)21-36/h14-15,25-30,32-35,38-39,41-43H,2-13,16-24H2,1H3,(H,37,40)/b15-14+/t25?,26?,27?,28-,29+,30+,32+,33?,34?,35+,36?/m0/s1. The maximum Gasteiger partial charge on any atom is 0.220 e. The Bertz CT molecular complexity index is 861. The van der Waals surface area contributed by atoms with Crippen molar-refractivity contribution in [1.82, 2.24) is 5.32 Å². The second kappa shape index (κ2) is 18.5. The van der Waals surface area contributed by atoms with Crippen molar-refractivity contribution in [3.05, 3.63) is 12.2 Å². The number of hydrogen-bond donors (Lipinski definition) is 6. The van der Waals surface area contributed by atoms with Crippen LogP contribution >= 0.6 is 0 Å². The smallest absolute Gasteiger partial charge is 0.220 e. The van der Waals surface area contributed by atoms with Crippen molar-refractivity contribution < 1.29 is 39.8 Å². The molecule has 260 valence electrons. The molecular weight excluding hydrogens is 574 g/mol. The fraction of sp³-hybridized carbons (Fsp3) is 0.917. The maximum absolute atomic E-state index is 13.5. The number of nitrogens with one attached hydrogen (secondary N) is 1. The fourth-order valence-electron chi connectivity index (χ4n) is 9.03. The van der Waals surface area contributed by atoms with Gasteiger partial charge in [-0.05, 0) is 74.5 Å². The van der Waals surface area contributed by atoms with E-state index in [2.05, 4.69) is 12.2 Å². The summed E-state index contributed by atoms with van der Waals surface area (Å²) in [6, 6.07) is -0.785. The molecule has 5 aliphatic rings. The van der Waals surface area contributed by atoms with Gasteiger partial charge in [0.25, 0.3) is 0 Å². The van der Waals surface area contributed by atoms with Gasteiger partial charge in [-0.25, -0.2) is 0 Å². The van der Waals surface area contributed by atoms with Gasteiger partial charge in [0.15, 0.2) is 6.29 Å². The molecule has 9 heteroatoms. The Kier molecular flexibility index (Phi) is 15.1. The van der Waals surface area contributed by atoms with Crippen LogP contribution in [0.2, 0.25) is 0 Å². The zero-order valence-corrected chi connectivity index (χ0v) is 27.7. The van der Waals surface area contributed by atoms with Crippen molar-refractivity contribution >= 4 is 5.91 Å². The van der Waals surface area contributed by atoms with Gasteiger partial charge in [-0.3, -0.25) is 4.79 Å². The van der Waals surface area contributed by atoms with Crippen LogP contribution in [0.1, 0.15) is 129 Å². The number of carbonyl (C=O) groups excluding carboxylic acids is 1. The molecule has 1 amide bonds. The summed E-state index contributed by atoms with van der Waals surface area (Å²) in [6.45, 7) is 1.53. The number of ether oxygens (including phenoxy) is 2. The monoisotopic (exact) mass is 637 g/mol. The van der Waals surface area contributed by atoms with Gasteiger partial charge in [-0.15, -0.1) is 0 Å². The van der Waals surface area contributed by atoms with Gasteiger partial charge in [0.05, 0.1) is 25.4 Å². The largest absolute Gasteiger partial charge is 0.394 e. The van der Waals surface area contributed by atoms with E-state index in [0.29, 0.717) is 6.42 Å². The average Bonchev–Trinajstić information content (AvgIpc) is 3.00. The van der Waals surface area contributed by atoms with E-state index in [1.807, 2.05) is 6.08 Å². The highest BCUT2D eigenvalue weighted by molar-refractivity contribution is 5.77. The fourth-order valence-corrected chi connectivity index (χ4v) is 9.03. The summed E-state index contributed by atoms with van der Waals surface area (Å²) in [5, 5.41) is 54.4. The molecule has 9 nitrogen and oxygen atoms in total. The quantitative estimate of drug-likeness (QED) is 0.0796. The van der Waals surface area contributed by atoms with Gasteiger partial charge in [0, 0.05) is 6.42 Å². The molecule has 4 saturated carbocycles. The number of unbranched alkanes of at least 4 members (excludes halogenated alkanes) is 11. The van der Waals surface area contributed by atoms with Crippen molar-refractivity contribution in [3.8, 4) is 0 Å². The van der Waals surface area contributed by atoms with E-state index in [-0.39, 0.29) is 17.9 Å². The highest BCUT2D eigenvalue weighted by Gasteiger charge is 2.51. The zero-order chi connectivity index (χ0) is 32.2. The van der Waals surface area contributed by atoms with Crippen LogP contribution in [0.4, 0.5) is 0 Å². The first kappa shape index (κ1) is 36.8. The third kappa shape index (κ3) is 11.0. The highest BCUT2D eigenvalue weighted by Crippen LogP contribution is 2.61. The zero-order valence-electron chi connectivity index (χ0n) is 27.7. The molecule has 5 rings (SSSR count). The molecule has 2 unspecified atom stereocenters. The molecule has 6 N–H and O–H groups in total. The Morgan fingerprint density at radius 2 is 1.42 bits per heavy atom. The van der Waals surface area contributed by atoms with E-state index >= 15 is 0 Å². The normalized spacial score (nSPS) is 35.6. The molecule has 1 heterocycles. The summed E-state index contributed by atoms with van der Waals surface area (Å²) < 4.78 is 11.3. The number of allylic oxidation sites excluding steroid dienone is 1. The predicted molar refractivity (Wildman–Crippen MR) is 173 cm³/mol. The SMILES string of the molecule is CCCCCCCCCCCCC/C=C/[C@@H](O)[C@H](CO[C@@H]1O[C@H](CO)[C@@H](O)C(O)C1O)NC(=O)CC12CC3CC(CC(C3)C1)C2. The van der Waals surface area contributed by atoms with Crippen LogP contribution < -0.4 is 5.32 Å². The third-order valence-electron chi connectivity index (χ3n) is 11.1. The molecule has 0 aromatic heterocycles. The summed E-state index contributed by atoms with van der Waals surface area (Å²) in [6.07, 6.45) is 18.2. The van der Waals surface area contributed by atoms with E-state index < -0.39 is 49.5 Å². The second-order valence-corrected chi connectivity index (χ2v) is 15.0. The van der Waals surface area contributed by atoms with Gasteiger partial charge >= 0.3 is 0 Å². The lowest BCUT2D eigenvalue weighted by Gasteiger charge is -2.56. The number of carbonyl (C=O) groups is 1. The van der Waals surface area contributed by atoms with Crippen molar-refractivity contribution in [2.24, 2.45) is 23.2 Å². The molecule has 7 atom stereocenters. The first-order chi connectivity index (χ1) is 21.7. The predicted octanol–water partition coefficient (Wildman–Crippen LogP) is 4.51. The summed E-state index contributed by atoms with van der Waals surface area (Å²) in [5.41, 5.74) is 0.0529. The van der Waals surface area contributed by atoms with Gasteiger partial charge in [0.2, 0.25) is 5.91 Å². The number of rotatable bonds is 21. The van der Waals surface area contributed by atoms with Crippen LogP contribution in [0, 0.1) is 23.2 Å². The van der Waals surface area contributed by atoms with Gasteiger partial charge in [-0.1, -0.05) is 83.3 Å². The van der Waals surface area contributed by atoms with Crippen molar-refractivity contribution in [2.45, 2.75) is 172 Å². The van der Waals surface area contributed by atoms with E-state index in [1.54, 1.807) is 6.08 Å². The molecule has 0 radical (unpaired) electrons. The van der Waals surface area contributed by atoms with E-state index in [1.165, 1.54) is 77.0 Å². The molecule has 0 spiro atoms. The topological polar surface area (TPSA) is 149 Å². The number of aliphatic hydroxyl groups is 5. The molecule has 4 aliphatic carbocycles. The van der Waals surface area contributed by atoms with Gasteiger partial charge in [0.1, 0.15) is 24.4 Å². The lowest BCUT2D eigenvalue weighted by Crippen LogP contribution is -2.60. The molecule has 0 aromatic carbocycles. The minimum absolute atomic E-state index is 0.0529. The van der Waals surface area contributed by atoms with Crippen LogP contribution in [0.3, 0.4) is 0 Å². The lowest BCUT2D eigenvalue weighted by molar-refractivity contribution is -0.302. The molecular formula is C36H63NO8. The van der Waals surface area contributed by atoms with Crippen LogP contribution in [-0.4, -0.2) is 87.5 Å². The summed E-state index contributed by atoms with van der Waals surface area (Å²) in [5.74, 6) is 2.10. The van der Waals surface area contributed by atoms with E-state index in [0.717, 1.165) is 56.3 Å². The Morgan fingerprint density at radius 1 is 0.867 bits per heavy atom. The van der Waals surface area contributed by atoms with Gasteiger partial charge in [-0.2, -0.15) is 0 Å². The minimum atomic E-state index is -1.55. The Morgan fingerprint density at radius 3 is 1.98 bits per heavy atom. The summed E-state index contributed by atoms with van der Waals surface area (Å²) >= 11 is 0.